The smallest absolute Gasteiger partial charge is 0.114 e. The van der Waals surface area contributed by atoms with Crippen LogP contribution in [0.3, 0.4) is 0 Å². The van der Waals surface area contributed by atoms with Gasteiger partial charge in [-0.25, -0.2) is 0 Å². The van der Waals surface area contributed by atoms with E-state index < -0.39 is 0 Å². The Morgan fingerprint density at radius 1 is 1.86 bits per heavy atom. The second-order valence-corrected chi connectivity index (χ2v) is 2.71. The molecule has 38 valence electrons. The maximum absolute atomic E-state index is 5.52. The van der Waals surface area contributed by atoms with Crippen LogP contribution in [0.2, 0.25) is 4.34 Å². The van der Waals surface area contributed by atoms with Crippen LogP contribution in [0, 0.1) is 6.92 Å². The number of hydrogen-bond donors (Lipinski definition) is 0. The van der Waals surface area contributed by atoms with E-state index in [1.165, 1.54) is 11.5 Å². The quantitative estimate of drug-likeness (QED) is 0.528. The van der Waals surface area contributed by atoms with Crippen molar-refractivity contribution in [2.45, 2.75) is 6.92 Å². The van der Waals surface area contributed by atoms with E-state index in [2.05, 4.69) is 4.37 Å². The van der Waals surface area contributed by atoms with Crippen LogP contribution in [0.25, 0.3) is 0 Å². The lowest BCUT2D eigenvalue weighted by Gasteiger charge is -1.65. The average Bonchev–Trinajstić information content (AvgIpc) is 1.87. The maximum Gasteiger partial charge on any atom is 0.114 e. The zero-order valence-corrected chi connectivity index (χ0v) is 5.38. The summed E-state index contributed by atoms with van der Waals surface area (Å²) < 4.78 is 4.69. The minimum Gasteiger partial charge on any atom is -0.197 e. The van der Waals surface area contributed by atoms with Crippen LogP contribution >= 0.6 is 23.1 Å². The average molecular weight is 134 g/mol. The van der Waals surface area contributed by atoms with Crippen molar-refractivity contribution in [3.05, 3.63) is 16.1 Å². The van der Waals surface area contributed by atoms with Crippen molar-refractivity contribution in [2.24, 2.45) is 0 Å². The lowest BCUT2D eigenvalue weighted by Crippen LogP contribution is -1.58. The van der Waals surface area contributed by atoms with Crippen LogP contribution < -0.4 is 0 Å². The van der Waals surface area contributed by atoms with Crippen LogP contribution in [0.5, 0.6) is 0 Å². The lowest BCUT2D eigenvalue weighted by molar-refractivity contribution is 1.35. The van der Waals surface area contributed by atoms with Gasteiger partial charge in [0.25, 0.3) is 0 Å². The molecule has 1 heterocycles. The van der Waals surface area contributed by atoms with Crippen molar-refractivity contribution in [3.63, 3.8) is 0 Å². The van der Waals surface area contributed by atoms with Gasteiger partial charge in [0.1, 0.15) is 4.34 Å². The molecule has 0 N–H and O–H groups in total. The maximum atomic E-state index is 5.52. The van der Waals surface area contributed by atoms with Gasteiger partial charge in [-0.3, -0.25) is 0 Å². The fraction of sp³-hybridized carbons (Fsp3) is 0.250. The van der Waals surface area contributed by atoms with Gasteiger partial charge in [-0.1, -0.05) is 11.6 Å². The standard InChI is InChI=1S/C4H4ClNS/c1-3-2-4(5)7-6-3/h2H,1H3. The van der Waals surface area contributed by atoms with E-state index in [4.69, 9.17) is 11.6 Å². The topological polar surface area (TPSA) is 12.9 Å². The second kappa shape index (κ2) is 1.80. The van der Waals surface area contributed by atoms with Crippen molar-refractivity contribution in [3.8, 4) is 0 Å². The third kappa shape index (κ3) is 1.14. The van der Waals surface area contributed by atoms with Gasteiger partial charge in [0.2, 0.25) is 0 Å². The third-order valence-electron chi connectivity index (χ3n) is 0.599. The van der Waals surface area contributed by atoms with Gasteiger partial charge in [0.15, 0.2) is 0 Å². The minimum absolute atomic E-state index is 0.762. The first-order chi connectivity index (χ1) is 3.29. The number of halogens is 1. The highest BCUT2D eigenvalue weighted by Crippen LogP contribution is 2.14. The van der Waals surface area contributed by atoms with Gasteiger partial charge < -0.3 is 0 Å². The minimum atomic E-state index is 0.762. The molecule has 0 bridgehead atoms. The SMILES string of the molecule is Cc1cc(Cl)sn1. The summed E-state index contributed by atoms with van der Waals surface area (Å²) in [5.41, 5.74) is 0.995. The molecule has 0 fully saturated rings. The Hall–Kier alpha value is -0.0800. The van der Waals surface area contributed by atoms with E-state index in [0.717, 1.165) is 10.0 Å². The molecule has 0 aliphatic rings. The number of aromatic nitrogens is 1. The molecule has 0 spiro atoms. The Kier molecular flexibility index (Phi) is 1.30. The van der Waals surface area contributed by atoms with Crippen LogP contribution in [0.1, 0.15) is 5.69 Å². The van der Waals surface area contributed by atoms with Crippen LogP contribution in [-0.4, -0.2) is 4.37 Å². The van der Waals surface area contributed by atoms with Gasteiger partial charge in [-0.05, 0) is 24.5 Å². The summed E-state index contributed by atoms with van der Waals surface area (Å²) in [6.45, 7) is 1.92. The largest absolute Gasteiger partial charge is 0.197 e. The Morgan fingerprint density at radius 3 is 2.71 bits per heavy atom. The van der Waals surface area contributed by atoms with Crippen molar-refractivity contribution in [2.75, 3.05) is 0 Å². The summed E-state index contributed by atoms with van der Waals surface area (Å²) >= 11 is 6.84. The lowest BCUT2D eigenvalue weighted by atomic mass is 10.5. The molecule has 0 aliphatic heterocycles. The van der Waals surface area contributed by atoms with Crippen LogP contribution in [-0.2, 0) is 0 Å². The molecule has 1 nitrogen and oxygen atoms in total. The van der Waals surface area contributed by atoms with Crippen molar-refractivity contribution in [1.29, 1.82) is 0 Å². The zero-order valence-electron chi connectivity index (χ0n) is 3.81. The predicted molar refractivity (Wildman–Crippen MR) is 31.9 cm³/mol. The highest BCUT2D eigenvalue weighted by Gasteiger charge is 1.88. The highest BCUT2D eigenvalue weighted by molar-refractivity contribution is 7.10. The molecule has 0 saturated heterocycles. The molecule has 0 saturated carbocycles. The highest BCUT2D eigenvalue weighted by atomic mass is 35.5. The fourth-order valence-corrected chi connectivity index (χ4v) is 1.10. The summed E-state index contributed by atoms with van der Waals surface area (Å²) in [5, 5.41) is 0. The number of nitrogens with zero attached hydrogens (tertiary/aromatic N) is 1. The van der Waals surface area contributed by atoms with E-state index in [1.807, 2.05) is 13.0 Å². The number of rotatable bonds is 0. The number of aryl methyl sites for hydroxylation is 1. The molecule has 1 aromatic rings. The van der Waals surface area contributed by atoms with Crippen molar-refractivity contribution in [1.82, 2.24) is 4.37 Å². The van der Waals surface area contributed by atoms with Gasteiger partial charge in [0.05, 0.1) is 5.69 Å². The van der Waals surface area contributed by atoms with Crippen molar-refractivity contribution >= 4 is 23.1 Å². The molecule has 0 unspecified atom stereocenters. The third-order valence-corrected chi connectivity index (χ3v) is 1.59. The van der Waals surface area contributed by atoms with Gasteiger partial charge >= 0.3 is 0 Å². The Labute approximate surface area is 51.1 Å². The number of hydrogen-bond acceptors (Lipinski definition) is 2. The fourth-order valence-electron chi connectivity index (χ4n) is 0.333. The molecule has 1 aromatic heterocycles. The first kappa shape index (κ1) is 5.06. The van der Waals surface area contributed by atoms with E-state index >= 15 is 0 Å². The van der Waals surface area contributed by atoms with Crippen LogP contribution in [0.4, 0.5) is 0 Å². The van der Waals surface area contributed by atoms with E-state index in [0.29, 0.717) is 0 Å². The first-order valence-electron chi connectivity index (χ1n) is 1.88. The molecule has 0 aliphatic carbocycles. The summed E-state index contributed by atoms with van der Waals surface area (Å²) in [5.74, 6) is 0. The normalized spacial score (nSPS) is 9.43. The molecule has 1 rings (SSSR count). The molecule has 3 heteroatoms. The zero-order chi connectivity index (χ0) is 5.28. The Balaban J connectivity index is 3.04. The van der Waals surface area contributed by atoms with E-state index in [9.17, 15) is 0 Å². The van der Waals surface area contributed by atoms with Gasteiger partial charge in [-0.2, -0.15) is 4.37 Å². The van der Waals surface area contributed by atoms with E-state index in [1.54, 1.807) is 0 Å². The Bertz CT molecular complexity index is 144. The summed E-state index contributed by atoms with van der Waals surface area (Å²) in [7, 11) is 0. The molecular formula is C4H4ClNS. The van der Waals surface area contributed by atoms with Gasteiger partial charge in [-0.15, -0.1) is 0 Å². The first-order valence-corrected chi connectivity index (χ1v) is 3.03. The predicted octanol–water partition coefficient (Wildman–Crippen LogP) is 2.10. The second-order valence-electron chi connectivity index (χ2n) is 1.27. The molecule has 0 aromatic carbocycles. The monoisotopic (exact) mass is 133 g/mol. The summed E-state index contributed by atoms with van der Waals surface area (Å²) in [6.07, 6.45) is 0. The van der Waals surface area contributed by atoms with Gasteiger partial charge in [0, 0.05) is 0 Å². The Morgan fingerprint density at radius 2 is 2.57 bits per heavy atom. The molecule has 0 radical (unpaired) electrons. The van der Waals surface area contributed by atoms with Crippen molar-refractivity contribution < 1.29 is 0 Å². The summed E-state index contributed by atoms with van der Waals surface area (Å²) in [4.78, 5) is 0. The molecule has 0 amide bonds. The summed E-state index contributed by atoms with van der Waals surface area (Å²) in [6, 6.07) is 1.84. The van der Waals surface area contributed by atoms with E-state index in [-0.39, 0.29) is 0 Å². The molecule has 0 atom stereocenters. The van der Waals surface area contributed by atoms with Crippen LogP contribution in [0.15, 0.2) is 6.07 Å². The molecule has 7 heavy (non-hydrogen) atoms. The molecular weight excluding hydrogens is 130 g/mol.